The number of hydrogen-bond donors (Lipinski definition) is 2. The molecule has 2 aromatic carbocycles. The second kappa shape index (κ2) is 15.9. The summed E-state index contributed by atoms with van der Waals surface area (Å²) in [6.45, 7) is 7.64. The third-order valence-electron chi connectivity index (χ3n) is 8.23. The van der Waals surface area contributed by atoms with Crippen LogP contribution in [-0.4, -0.2) is 88.7 Å². The minimum atomic E-state index is -3.88. The zero-order chi connectivity index (χ0) is 34.4. The fraction of sp³-hybridized carbons (Fsp3) is 0.485. The van der Waals surface area contributed by atoms with Gasteiger partial charge >= 0.3 is 0 Å². The third-order valence-corrected chi connectivity index (χ3v) is 12.8. The molecule has 2 N–H and O–H groups in total. The Morgan fingerprint density at radius 3 is 2.47 bits per heavy atom. The Kier molecular flexibility index (Phi) is 12.5. The Morgan fingerprint density at radius 2 is 1.81 bits per heavy atom. The summed E-state index contributed by atoms with van der Waals surface area (Å²) >= 11 is 1.08. The highest BCUT2D eigenvalue weighted by atomic mass is 32.2. The van der Waals surface area contributed by atoms with Gasteiger partial charge in [-0.15, -0.1) is 11.3 Å². The standard InChI is InChI=1S/C33H45N3O8S3/c1-23-11-14-28(15-12-23)47(41,42)35(5)21-31-24(2)20-36(25(3)22-37)33(38)29-19-27(34-46(39,40)32-10-8-18-45-32)13-16-30(29)44-26(4)9-6-7-17-43-31/h8,10-16,18-19,24-26,31,34,37H,6-7,9,17,20-22H2,1-5H3/t24-,25+,26+,31+/m0/s1. The van der Waals surface area contributed by atoms with Crippen LogP contribution in [0.5, 0.6) is 5.75 Å². The Morgan fingerprint density at radius 1 is 1.09 bits per heavy atom. The molecular formula is C33H45N3O8S3. The normalized spacial score (nSPS) is 21.0. The van der Waals surface area contributed by atoms with E-state index in [4.69, 9.17) is 9.47 Å². The summed E-state index contributed by atoms with van der Waals surface area (Å²) in [6.07, 6.45) is 1.33. The molecule has 4 atom stereocenters. The molecule has 1 aromatic heterocycles. The monoisotopic (exact) mass is 707 g/mol. The number of ether oxygens (including phenoxy) is 2. The maximum absolute atomic E-state index is 14.3. The molecule has 4 rings (SSSR count). The fourth-order valence-electron chi connectivity index (χ4n) is 5.31. The molecule has 0 fully saturated rings. The van der Waals surface area contributed by atoms with Gasteiger partial charge < -0.3 is 19.5 Å². The SMILES string of the molecule is Cc1ccc(S(=O)(=O)N(C)C[C@H]2OCCCC[C@@H](C)Oc3ccc(NS(=O)(=O)c4cccs4)cc3C(=O)N([C@H](C)CO)C[C@@H]2C)cc1. The average molecular weight is 708 g/mol. The first kappa shape index (κ1) is 36.8. The highest BCUT2D eigenvalue weighted by Crippen LogP contribution is 2.30. The number of aliphatic hydroxyl groups excluding tert-OH is 1. The summed E-state index contributed by atoms with van der Waals surface area (Å²) in [5, 5.41) is 11.9. The molecule has 14 heteroatoms. The number of rotatable bonds is 9. The van der Waals surface area contributed by atoms with E-state index in [0.29, 0.717) is 18.8 Å². The molecular weight excluding hydrogens is 663 g/mol. The van der Waals surface area contributed by atoms with Gasteiger partial charge in [0.1, 0.15) is 9.96 Å². The van der Waals surface area contributed by atoms with Crippen molar-refractivity contribution in [3.05, 3.63) is 71.1 Å². The Labute approximate surface area is 282 Å². The smallest absolute Gasteiger partial charge is 0.271 e. The molecule has 1 aliphatic rings. The van der Waals surface area contributed by atoms with E-state index in [1.54, 1.807) is 54.8 Å². The van der Waals surface area contributed by atoms with Crippen LogP contribution in [0.15, 0.2) is 69.1 Å². The van der Waals surface area contributed by atoms with Crippen molar-refractivity contribution in [2.24, 2.45) is 5.92 Å². The van der Waals surface area contributed by atoms with E-state index in [1.807, 2.05) is 20.8 Å². The number of hydrogen-bond acceptors (Lipinski definition) is 9. The number of carbonyl (C=O) groups excluding carboxylic acids is 1. The van der Waals surface area contributed by atoms with Gasteiger partial charge in [0, 0.05) is 38.3 Å². The maximum Gasteiger partial charge on any atom is 0.271 e. The van der Waals surface area contributed by atoms with E-state index >= 15 is 0 Å². The van der Waals surface area contributed by atoms with Crippen molar-refractivity contribution in [2.45, 2.75) is 74.3 Å². The lowest BCUT2D eigenvalue weighted by atomic mass is 10.0. The maximum atomic E-state index is 14.3. The van der Waals surface area contributed by atoms with Gasteiger partial charge in [-0.3, -0.25) is 9.52 Å². The van der Waals surface area contributed by atoms with Crippen LogP contribution in [-0.2, 0) is 24.8 Å². The van der Waals surface area contributed by atoms with Crippen LogP contribution in [0.25, 0.3) is 0 Å². The number of fused-ring (bicyclic) bond motifs is 1. The Hall–Kier alpha value is -3.01. The molecule has 0 saturated heterocycles. The highest BCUT2D eigenvalue weighted by molar-refractivity contribution is 7.94. The lowest BCUT2D eigenvalue weighted by Gasteiger charge is -2.35. The Balaban J connectivity index is 1.67. The van der Waals surface area contributed by atoms with Crippen molar-refractivity contribution < 1.29 is 36.2 Å². The predicted molar refractivity (Wildman–Crippen MR) is 183 cm³/mol. The number of nitrogens with one attached hydrogen (secondary N) is 1. The lowest BCUT2D eigenvalue weighted by Crippen LogP contribution is -2.48. The first-order chi connectivity index (χ1) is 22.2. The van der Waals surface area contributed by atoms with Gasteiger partial charge in [-0.05, 0) is 81.8 Å². The number of thiophene rings is 1. The van der Waals surface area contributed by atoms with Crippen molar-refractivity contribution >= 4 is 43.0 Å². The second-order valence-corrected chi connectivity index (χ2v) is 17.0. The van der Waals surface area contributed by atoms with E-state index in [9.17, 15) is 26.7 Å². The van der Waals surface area contributed by atoms with E-state index in [2.05, 4.69) is 4.72 Å². The molecule has 47 heavy (non-hydrogen) atoms. The van der Waals surface area contributed by atoms with Crippen molar-refractivity contribution in [3.63, 3.8) is 0 Å². The summed E-state index contributed by atoms with van der Waals surface area (Å²) in [4.78, 5) is 16.0. The molecule has 1 aliphatic heterocycles. The van der Waals surface area contributed by atoms with Crippen LogP contribution in [0.3, 0.4) is 0 Å². The van der Waals surface area contributed by atoms with Crippen molar-refractivity contribution in [3.8, 4) is 5.75 Å². The van der Waals surface area contributed by atoms with Gasteiger partial charge in [-0.1, -0.05) is 30.7 Å². The van der Waals surface area contributed by atoms with Gasteiger partial charge in [0.05, 0.1) is 35.3 Å². The van der Waals surface area contributed by atoms with E-state index in [-0.39, 0.29) is 52.1 Å². The van der Waals surface area contributed by atoms with Crippen LogP contribution >= 0.6 is 11.3 Å². The van der Waals surface area contributed by atoms with Crippen LogP contribution in [0.4, 0.5) is 5.69 Å². The number of amides is 1. The topological polar surface area (TPSA) is 143 Å². The van der Waals surface area contributed by atoms with Crippen LogP contribution in [0, 0.1) is 12.8 Å². The van der Waals surface area contributed by atoms with Gasteiger partial charge in [-0.2, -0.15) is 4.31 Å². The highest BCUT2D eigenvalue weighted by Gasteiger charge is 2.32. The van der Waals surface area contributed by atoms with Crippen LogP contribution < -0.4 is 9.46 Å². The molecule has 258 valence electrons. The second-order valence-electron chi connectivity index (χ2n) is 12.1. The Bertz CT molecular complexity index is 1700. The van der Waals surface area contributed by atoms with Crippen LogP contribution in [0.2, 0.25) is 0 Å². The largest absolute Gasteiger partial charge is 0.490 e. The summed E-state index contributed by atoms with van der Waals surface area (Å²) in [7, 11) is -6.17. The lowest BCUT2D eigenvalue weighted by molar-refractivity contribution is -0.00833. The minimum absolute atomic E-state index is 0.0532. The van der Waals surface area contributed by atoms with Gasteiger partial charge in [0.2, 0.25) is 10.0 Å². The number of carbonyl (C=O) groups is 1. The number of benzene rings is 2. The molecule has 0 aliphatic carbocycles. The quantitative estimate of drug-likeness (QED) is 0.318. The van der Waals surface area contributed by atoms with E-state index < -0.39 is 38.1 Å². The fourth-order valence-corrected chi connectivity index (χ4v) is 8.54. The predicted octanol–water partition coefficient (Wildman–Crippen LogP) is 4.97. The minimum Gasteiger partial charge on any atom is -0.490 e. The van der Waals surface area contributed by atoms with E-state index in [1.165, 1.54) is 28.4 Å². The number of aryl methyl sites for hydroxylation is 1. The molecule has 0 bridgehead atoms. The number of sulfonamides is 2. The van der Waals surface area contributed by atoms with Crippen molar-refractivity contribution in [2.75, 3.05) is 38.1 Å². The van der Waals surface area contributed by atoms with Gasteiger partial charge in [-0.25, -0.2) is 16.8 Å². The summed E-state index contributed by atoms with van der Waals surface area (Å²) < 4.78 is 69.4. The number of anilines is 1. The summed E-state index contributed by atoms with van der Waals surface area (Å²) in [6, 6.07) is 13.8. The zero-order valence-electron chi connectivity index (χ0n) is 27.5. The van der Waals surface area contributed by atoms with Crippen molar-refractivity contribution in [1.29, 1.82) is 0 Å². The zero-order valence-corrected chi connectivity index (χ0v) is 29.9. The summed E-state index contributed by atoms with van der Waals surface area (Å²) in [5.74, 6) is -0.511. The molecule has 0 saturated carbocycles. The summed E-state index contributed by atoms with van der Waals surface area (Å²) in [5.41, 5.74) is 1.28. The average Bonchev–Trinajstić information content (AvgIpc) is 3.59. The molecule has 3 aromatic rings. The number of likely N-dealkylation sites (N-methyl/N-ethyl adjacent to an activating group) is 1. The van der Waals surface area contributed by atoms with E-state index in [0.717, 1.165) is 29.7 Å². The number of nitrogens with zero attached hydrogens (tertiary/aromatic N) is 2. The molecule has 11 nitrogen and oxygen atoms in total. The third kappa shape index (κ3) is 9.33. The molecule has 0 radical (unpaired) electrons. The molecule has 1 amide bonds. The molecule has 0 spiro atoms. The number of aliphatic hydroxyl groups is 1. The van der Waals surface area contributed by atoms with Crippen LogP contribution in [0.1, 0.15) is 56.0 Å². The van der Waals surface area contributed by atoms with Crippen molar-refractivity contribution in [1.82, 2.24) is 9.21 Å². The molecule has 2 heterocycles. The first-order valence-electron chi connectivity index (χ1n) is 15.7. The first-order valence-corrected chi connectivity index (χ1v) is 19.5. The van der Waals surface area contributed by atoms with Gasteiger partial charge in [0.15, 0.2) is 0 Å². The van der Waals surface area contributed by atoms with Gasteiger partial charge in [0.25, 0.3) is 15.9 Å². The molecule has 0 unspecified atom stereocenters.